The molecular formula is C16H21N3O3. The van der Waals surface area contributed by atoms with Crippen LogP contribution in [0.2, 0.25) is 0 Å². The van der Waals surface area contributed by atoms with Gasteiger partial charge in [0.1, 0.15) is 11.6 Å². The van der Waals surface area contributed by atoms with Gasteiger partial charge in [0.2, 0.25) is 0 Å². The number of benzene rings is 1. The molecule has 0 aliphatic heterocycles. The van der Waals surface area contributed by atoms with Crippen LogP contribution in [-0.2, 0) is 4.79 Å². The Morgan fingerprint density at radius 1 is 1.32 bits per heavy atom. The summed E-state index contributed by atoms with van der Waals surface area (Å²) in [5, 5.41) is 30.0. The Morgan fingerprint density at radius 3 is 2.45 bits per heavy atom. The van der Waals surface area contributed by atoms with Crippen LogP contribution in [0.15, 0.2) is 30.0 Å². The van der Waals surface area contributed by atoms with E-state index in [2.05, 4.69) is 5.32 Å². The molecule has 0 saturated carbocycles. The number of carbonyl (C=O) groups excluding carboxylic acids is 1. The predicted molar refractivity (Wildman–Crippen MR) is 84.0 cm³/mol. The number of hydrogen-bond acceptors (Lipinski definition) is 5. The normalized spacial score (nSPS) is 11.0. The number of rotatable bonds is 7. The molecule has 1 aromatic carbocycles. The van der Waals surface area contributed by atoms with Crippen molar-refractivity contribution in [3.63, 3.8) is 0 Å². The number of aryl methyl sites for hydroxylation is 2. The maximum absolute atomic E-state index is 12.2. The van der Waals surface area contributed by atoms with Gasteiger partial charge in [-0.2, -0.15) is 5.26 Å². The largest absolute Gasteiger partial charge is 0.395 e. The standard InChI is InChI=1S/C16H21N3O3/c1-12-3-4-15(13(2)9-12)18-11-14(10-17)16(22)19(5-7-20)6-8-21/h3-4,9,11,18,20-21H,5-8H2,1-2H3/b14-11-. The molecule has 1 amide bonds. The summed E-state index contributed by atoms with van der Waals surface area (Å²) in [5.74, 6) is -0.525. The van der Waals surface area contributed by atoms with Gasteiger partial charge in [-0.15, -0.1) is 0 Å². The minimum Gasteiger partial charge on any atom is -0.395 e. The van der Waals surface area contributed by atoms with E-state index < -0.39 is 5.91 Å². The van der Waals surface area contributed by atoms with E-state index in [4.69, 9.17) is 15.5 Å². The number of nitrogens with one attached hydrogen (secondary N) is 1. The maximum Gasteiger partial charge on any atom is 0.266 e. The van der Waals surface area contributed by atoms with Gasteiger partial charge in [-0.25, -0.2) is 0 Å². The molecule has 6 nitrogen and oxygen atoms in total. The molecule has 0 spiro atoms. The quantitative estimate of drug-likeness (QED) is 0.514. The van der Waals surface area contributed by atoms with Gasteiger partial charge in [0.05, 0.1) is 13.2 Å². The van der Waals surface area contributed by atoms with Gasteiger partial charge in [-0.3, -0.25) is 4.79 Å². The van der Waals surface area contributed by atoms with E-state index in [9.17, 15) is 4.79 Å². The second kappa shape index (κ2) is 8.82. The number of carbonyl (C=O) groups is 1. The topological polar surface area (TPSA) is 96.6 Å². The summed E-state index contributed by atoms with van der Waals surface area (Å²) < 4.78 is 0. The summed E-state index contributed by atoms with van der Waals surface area (Å²) in [4.78, 5) is 13.4. The number of anilines is 1. The van der Waals surface area contributed by atoms with Gasteiger partial charge >= 0.3 is 0 Å². The van der Waals surface area contributed by atoms with Crippen LogP contribution in [0, 0.1) is 25.2 Å². The molecule has 118 valence electrons. The summed E-state index contributed by atoms with van der Waals surface area (Å²) in [6, 6.07) is 7.64. The Bertz CT molecular complexity index is 585. The third-order valence-electron chi connectivity index (χ3n) is 3.13. The van der Waals surface area contributed by atoms with Crippen LogP contribution in [0.3, 0.4) is 0 Å². The highest BCUT2D eigenvalue weighted by Gasteiger charge is 2.17. The lowest BCUT2D eigenvalue weighted by Crippen LogP contribution is -2.36. The third kappa shape index (κ3) is 4.88. The molecule has 0 unspecified atom stereocenters. The van der Waals surface area contributed by atoms with Crippen molar-refractivity contribution in [1.29, 1.82) is 5.26 Å². The summed E-state index contributed by atoms with van der Waals surface area (Å²) in [6.07, 6.45) is 1.35. The molecule has 0 aliphatic rings. The molecule has 3 N–H and O–H groups in total. The molecule has 1 rings (SSSR count). The summed E-state index contributed by atoms with van der Waals surface area (Å²) in [6.45, 7) is 3.60. The van der Waals surface area contributed by atoms with E-state index in [1.54, 1.807) is 0 Å². The van der Waals surface area contributed by atoms with Crippen LogP contribution in [0.4, 0.5) is 5.69 Å². The van der Waals surface area contributed by atoms with E-state index in [1.807, 2.05) is 38.1 Å². The van der Waals surface area contributed by atoms with E-state index in [0.29, 0.717) is 0 Å². The number of nitriles is 1. The van der Waals surface area contributed by atoms with Crippen LogP contribution >= 0.6 is 0 Å². The van der Waals surface area contributed by atoms with Gasteiger partial charge in [0, 0.05) is 25.0 Å². The van der Waals surface area contributed by atoms with Crippen molar-refractivity contribution >= 4 is 11.6 Å². The summed E-state index contributed by atoms with van der Waals surface area (Å²) in [7, 11) is 0. The average molecular weight is 303 g/mol. The first-order valence-electron chi connectivity index (χ1n) is 6.98. The van der Waals surface area contributed by atoms with Crippen molar-refractivity contribution in [3.8, 4) is 6.07 Å². The van der Waals surface area contributed by atoms with Crippen molar-refractivity contribution in [2.75, 3.05) is 31.6 Å². The average Bonchev–Trinajstić information content (AvgIpc) is 2.49. The maximum atomic E-state index is 12.2. The molecule has 1 aromatic rings. The molecular weight excluding hydrogens is 282 g/mol. The lowest BCUT2D eigenvalue weighted by atomic mass is 10.1. The van der Waals surface area contributed by atoms with Crippen molar-refractivity contribution in [1.82, 2.24) is 4.90 Å². The van der Waals surface area contributed by atoms with E-state index in [-0.39, 0.29) is 31.9 Å². The zero-order valence-corrected chi connectivity index (χ0v) is 12.8. The Kier molecular flexibility index (Phi) is 7.09. The third-order valence-corrected chi connectivity index (χ3v) is 3.13. The first-order valence-corrected chi connectivity index (χ1v) is 6.98. The van der Waals surface area contributed by atoms with E-state index in [0.717, 1.165) is 16.8 Å². The number of hydrogen-bond donors (Lipinski definition) is 3. The number of aliphatic hydroxyl groups is 2. The fourth-order valence-corrected chi connectivity index (χ4v) is 1.99. The van der Waals surface area contributed by atoms with Crippen molar-refractivity contribution in [2.24, 2.45) is 0 Å². The van der Waals surface area contributed by atoms with Crippen molar-refractivity contribution < 1.29 is 15.0 Å². The van der Waals surface area contributed by atoms with E-state index in [1.165, 1.54) is 11.1 Å². The molecule has 0 saturated heterocycles. The van der Waals surface area contributed by atoms with Crippen molar-refractivity contribution in [2.45, 2.75) is 13.8 Å². The molecule has 0 radical (unpaired) electrons. The van der Waals surface area contributed by atoms with Gasteiger partial charge < -0.3 is 20.4 Å². The Hall–Kier alpha value is -2.36. The van der Waals surface area contributed by atoms with Gasteiger partial charge in [-0.05, 0) is 25.5 Å². The Balaban J connectivity index is 2.89. The van der Waals surface area contributed by atoms with Crippen LogP contribution in [-0.4, -0.2) is 47.3 Å². The minimum absolute atomic E-state index is 0.0714. The first-order chi connectivity index (χ1) is 10.5. The Labute approximate surface area is 130 Å². The first kappa shape index (κ1) is 17.7. The summed E-state index contributed by atoms with van der Waals surface area (Å²) >= 11 is 0. The zero-order chi connectivity index (χ0) is 16.5. The molecule has 0 aromatic heterocycles. The van der Waals surface area contributed by atoms with Gasteiger partial charge in [0.15, 0.2) is 0 Å². The predicted octanol–water partition coefficient (Wildman–Crippen LogP) is 0.936. The minimum atomic E-state index is -0.525. The lowest BCUT2D eigenvalue weighted by molar-refractivity contribution is -0.127. The highest BCUT2D eigenvalue weighted by atomic mass is 16.3. The highest BCUT2D eigenvalue weighted by molar-refractivity contribution is 5.97. The number of aliphatic hydroxyl groups excluding tert-OH is 2. The van der Waals surface area contributed by atoms with E-state index >= 15 is 0 Å². The Morgan fingerprint density at radius 2 is 1.95 bits per heavy atom. The van der Waals surface area contributed by atoms with Gasteiger partial charge in [-0.1, -0.05) is 17.7 Å². The van der Waals surface area contributed by atoms with Crippen LogP contribution in [0.1, 0.15) is 11.1 Å². The molecule has 22 heavy (non-hydrogen) atoms. The van der Waals surface area contributed by atoms with Gasteiger partial charge in [0.25, 0.3) is 5.91 Å². The smallest absolute Gasteiger partial charge is 0.266 e. The fraction of sp³-hybridized carbons (Fsp3) is 0.375. The molecule has 0 aliphatic carbocycles. The zero-order valence-electron chi connectivity index (χ0n) is 12.8. The second-order valence-electron chi connectivity index (χ2n) is 4.87. The fourth-order valence-electron chi connectivity index (χ4n) is 1.99. The molecule has 6 heteroatoms. The summed E-state index contributed by atoms with van der Waals surface area (Å²) in [5.41, 5.74) is 2.85. The highest BCUT2D eigenvalue weighted by Crippen LogP contribution is 2.16. The van der Waals surface area contributed by atoms with Crippen LogP contribution < -0.4 is 5.32 Å². The van der Waals surface area contributed by atoms with Crippen molar-refractivity contribution in [3.05, 3.63) is 41.1 Å². The molecule has 0 heterocycles. The molecule has 0 atom stereocenters. The molecule has 0 fully saturated rings. The van der Waals surface area contributed by atoms with Crippen LogP contribution in [0.5, 0.6) is 0 Å². The number of nitrogens with zero attached hydrogens (tertiary/aromatic N) is 2. The molecule has 0 bridgehead atoms. The second-order valence-corrected chi connectivity index (χ2v) is 4.87. The monoisotopic (exact) mass is 303 g/mol. The SMILES string of the molecule is Cc1ccc(N/C=C(/C#N)C(=O)N(CCO)CCO)c(C)c1. The number of amides is 1. The lowest BCUT2D eigenvalue weighted by Gasteiger charge is -2.20. The van der Waals surface area contributed by atoms with Crippen LogP contribution in [0.25, 0.3) is 0 Å².